The summed E-state index contributed by atoms with van der Waals surface area (Å²) in [6.07, 6.45) is 0. The number of carbonyl (C=O) groups excluding carboxylic acids is 1. The molecular weight excluding hydrogens is 286 g/mol. The van der Waals surface area contributed by atoms with Crippen LogP contribution in [0, 0.1) is 0 Å². The highest BCUT2D eigenvalue weighted by Crippen LogP contribution is 2.32. The number of thiophene rings is 1. The average Bonchev–Trinajstić information content (AvgIpc) is 3.16. The summed E-state index contributed by atoms with van der Waals surface area (Å²) >= 11 is 1.71. The first-order valence-electron chi connectivity index (χ1n) is 6.81. The normalized spacial score (nSPS) is 14.4. The number of Topliss-reactive ketones (excluding diaryl/α,β-unsaturated/α-hetero) is 1. The van der Waals surface area contributed by atoms with Gasteiger partial charge in [0.25, 0.3) is 0 Å². The van der Waals surface area contributed by atoms with Gasteiger partial charge in [-0.1, -0.05) is 6.07 Å². The van der Waals surface area contributed by atoms with Gasteiger partial charge in [-0.3, -0.25) is 9.69 Å². The predicted octanol–water partition coefficient (Wildman–Crippen LogP) is 3.35. The molecule has 0 N–H and O–H groups in total. The van der Waals surface area contributed by atoms with Gasteiger partial charge < -0.3 is 9.47 Å². The van der Waals surface area contributed by atoms with E-state index in [0.717, 1.165) is 0 Å². The summed E-state index contributed by atoms with van der Waals surface area (Å²) in [6, 6.07) is 9.69. The standard InChI is InChI=1S/C16H17NO3S/c1-11(16-4-3-7-21-16)17(2)9-13(18)12-5-6-14-15(8-12)20-10-19-14/h3-8,11H,9-10H2,1-2H3. The maximum Gasteiger partial charge on any atom is 0.231 e. The number of fused-ring (bicyclic) bond motifs is 1. The molecule has 1 aliphatic heterocycles. The Morgan fingerprint density at radius 2 is 2.14 bits per heavy atom. The van der Waals surface area contributed by atoms with Crippen molar-refractivity contribution >= 4 is 17.1 Å². The van der Waals surface area contributed by atoms with Crippen LogP contribution in [0.15, 0.2) is 35.7 Å². The lowest BCUT2D eigenvalue weighted by molar-refractivity contribution is 0.0925. The van der Waals surface area contributed by atoms with E-state index in [-0.39, 0.29) is 18.6 Å². The lowest BCUT2D eigenvalue weighted by Crippen LogP contribution is -2.28. The maximum atomic E-state index is 12.4. The van der Waals surface area contributed by atoms with E-state index in [1.165, 1.54) is 4.88 Å². The number of likely N-dealkylation sites (N-methyl/N-ethyl adjacent to an activating group) is 1. The fourth-order valence-electron chi connectivity index (χ4n) is 2.27. The molecule has 0 amide bonds. The summed E-state index contributed by atoms with van der Waals surface area (Å²) in [6.45, 7) is 2.71. The molecule has 1 atom stereocenters. The molecule has 0 saturated heterocycles. The van der Waals surface area contributed by atoms with Gasteiger partial charge in [-0.15, -0.1) is 11.3 Å². The van der Waals surface area contributed by atoms with Crippen LogP contribution >= 0.6 is 11.3 Å². The molecule has 0 spiro atoms. The van der Waals surface area contributed by atoms with Crippen molar-refractivity contribution in [1.82, 2.24) is 4.90 Å². The van der Waals surface area contributed by atoms with Gasteiger partial charge in [-0.05, 0) is 43.6 Å². The molecule has 2 heterocycles. The molecule has 1 aliphatic rings. The first kappa shape index (κ1) is 14.1. The van der Waals surface area contributed by atoms with Crippen LogP contribution in [0.2, 0.25) is 0 Å². The molecule has 21 heavy (non-hydrogen) atoms. The quantitative estimate of drug-likeness (QED) is 0.794. The number of hydrogen-bond acceptors (Lipinski definition) is 5. The third-order valence-corrected chi connectivity index (χ3v) is 4.75. The molecule has 3 rings (SSSR count). The largest absolute Gasteiger partial charge is 0.454 e. The fourth-order valence-corrected chi connectivity index (χ4v) is 3.12. The maximum absolute atomic E-state index is 12.4. The number of ketones is 1. The van der Waals surface area contributed by atoms with Gasteiger partial charge in [0.05, 0.1) is 6.54 Å². The Hall–Kier alpha value is -1.85. The van der Waals surface area contributed by atoms with Crippen LogP contribution in [-0.4, -0.2) is 31.1 Å². The molecule has 2 aromatic rings. The Morgan fingerprint density at radius 1 is 1.33 bits per heavy atom. The van der Waals surface area contributed by atoms with Crippen LogP contribution in [0.1, 0.15) is 28.2 Å². The molecule has 1 unspecified atom stereocenters. The third kappa shape index (κ3) is 2.94. The van der Waals surface area contributed by atoms with Crippen LogP contribution in [0.5, 0.6) is 11.5 Å². The summed E-state index contributed by atoms with van der Waals surface area (Å²) < 4.78 is 10.6. The first-order valence-corrected chi connectivity index (χ1v) is 7.69. The van der Waals surface area contributed by atoms with Gasteiger partial charge in [0.2, 0.25) is 6.79 Å². The molecular formula is C16H17NO3S. The van der Waals surface area contributed by atoms with Gasteiger partial charge in [0, 0.05) is 16.5 Å². The van der Waals surface area contributed by atoms with Crippen LogP contribution in [-0.2, 0) is 0 Å². The highest BCUT2D eigenvalue weighted by atomic mass is 32.1. The Bertz CT molecular complexity index is 639. The summed E-state index contributed by atoms with van der Waals surface area (Å²) in [5.41, 5.74) is 0.657. The SMILES string of the molecule is CC(c1cccs1)N(C)CC(=O)c1ccc2c(c1)OCO2. The zero-order chi connectivity index (χ0) is 14.8. The van der Waals surface area contributed by atoms with E-state index in [1.807, 2.05) is 13.1 Å². The smallest absolute Gasteiger partial charge is 0.231 e. The second-order valence-corrected chi connectivity index (χ2v) is 6.08. The van der Waals surface area contributed by atoms with Crippen molar-refractivity contribution in [3.05, 3.63) is 46.2 Å². The molecule has 110 valence electrons. The Morgan fingerprint density at radius 3 is 2.90 bits per heavy atom. The summed E-state index contributed by atoms with van der Waals surface area (Å²) in [5.74, 6) is 1.43. The Labute approximate surface area is 127 Å². The molecule has 5 heteroatoms. The number of hydrogen-bond donors (Lipinski definition) is 0. The average molecular weight is 303 g/mol. The van der Waals surface area contributed by atoms with E-state index in [0.29, 0.717) is 23.6 Å². The lowest BCUT2D eigenvalue weighted by Gasteiger charge is -2.23. The van der Waals surface area contributed by atoms with Gasteiger partial charge >= 0.3 is 0 Å². The molecule has 0 radical (unpaired) electrons. The van der Waals surface area contributed by atoms with Crippen molar-refractivity contribution in [2.24, 2.45) is 0 Å². The van der Waals surface area contributed by atoms with Gasteiger partial charge in [-0.25, -0.2) is 0 Å². The fraction of sp³-hybridized carbons (Fsp3) is 0.312. The summed E-state index contributed by atoms with van der Waals surface area (Å²) in [7, 11) is 1.97. The number of ether oxygens (including phenoxy) is 2. The third-order valence-electron chi connectivity index (χ3n) is 3.70. The monoisotopic (exact) mass is 303 g/mol. The van der Waals surface area contributed by atoms with Crippen molar-refractivity contribution in [3.63, 3.8) is 0 Å². The van der Waals surface area contributed by atoms with Crippen molar-refractivity contribution < 1.29 is 14.3 Å². The van der Waals surface area contributed by atoms with Crippen molar-refractivity contribution in [1.29, 1.82) is 0 Å². The molecule has 4 nitrogen and oxygen atoms in total. The van der Waals surface area contributed by atoms with E-state index in [9.17, 15) is 4.79 Å². The minimum absolute atomic E-state index is 0.0826. The zero-order valence-electron chi connectivity index (χ0n) is 12.0. The minimum atomic E-state index is 0.0826. The van der Waals surface area contributed by atoms with Crippen molar-refractivity contribution in [2.45, 2.75) is 13.0 Å². The van der Waals surface area contributed by atoms with E-state index >= 15 is 0 Å². The highest BCUT2D eigenvalue weighted by molar-refractivity contribution is 7.10. The lowest BCUT2D eigenvalue weighted by atomic mass is 10.1. The van der Waals surface area contributed by atoms with Crippen LogP contribution < -0.4 is 9.47 Å². The summed E-state index contributed by atoms with van der Waals surface area (Å²) in [5, 5.41) is 2.05. The van der Waals surface area contributed by atoms with Crippen molar-refractivity contribution in [3.8, 4) is 11.5 Å². The van der Waals surface area contributed by atoms with E-state index < -0.39 is 0 Å². The molecule has 0 saturated carbocycles. The van der Waals surface area contributed by atoms with E-state index in [2.05, 4.69) is 23.3 Å². The number of nitrogens with zero attached hydrogens (tertiary/aromatic N) is 1. The predicted molar refractivity (Wildman–Crippen MR) is 82.3 cm³/mol. The number of rotatable bonds is 5. The molecule has 0 bridgehead atoms. The molecule has 0 fully saturated rings. The Balaban J connectivity index is 1.68. The van der Waals surface area contributed by atoms with E-state index in [1.54, 1.807) is 29.5 Å². The van der Waals surface area contributed by atoms with Crippen LogP contribution in [0.4, 0.5) is 0 Å². The van der Waals surface area contributed by atoms with Crippen LogP contribution in [0.3, 0.4) is 0 Å². The van der Waals surface area contributed by atoms with Crippen LogP contribution in [0.25, 0.3) is 0 Å². The molecule has 1 aromatic carbocycles. The second-order valence-electron chi connectivity index (χ2n) is 5.10. The number of benzene rings is 1. The highest BCUT2D eigenvalue weighted by Gasteiger charge is 2.19. The summed E-state index contributed by atoms with van der Waals surface area (Å²) in [4.78, 5) is 15.7. The molecule has 0 aliphatic carbocycles. The van der Waals surface area contributed by atoms with E-state index in [4.69, 9.17) is 9.47 Å². The number of carbonyl (C=O) groups is 1. The van der Waals surface area contributed by atoms with Gasteiger partial charge in [-0.2, -0.15) is 0 Å². The van der Waals surface area contributed by atoms with Crippen molar-refractivity contribution in [2.75, 3.05) is 20.4 Å². The van der Waals surface area contributed by atoms with Gasteiger partial charge in [0.1, 0.15) is 0 Å². The minimum Gasteiger partial charge on any atom is -0.454 e. The second kappa shape index (κ2) is 5.87. The Kier molecular flexibility index (Phi) is 3.94. The first-order chi connectivity index (χ1) is 10.1. The molecule has 1 aromatic heterocycles. The topological polar surface area (TPSA) is 38.8 Å². The van der Waals surface area contributed by atoms with Gasteiger partial charge in [0.15, 0.2) is 17.3 Å². The zero-order valence-corrected chi connectivity index (χ0v) is 12.9.